The Morgan fingerprint density at radius 2 is 0.918 bits per heavy atom. The van der Waals surface area contributed by atoms with Crippen molar-refractivity contribution in [3.63, 3.8) is 0 Å². The van der Waals surface area contributed by atoms with Crippen LogP contribution in [-0.2, 0) is 52.5 Å². The van der Waals surface area contributed by atoms with Crippen LogP contribution in [0, 0.1) is 23.7 Å². The number of carbonyl (C=O) groups is 8. The predicted molar refractivity (Wildman–Crippen MR) is 214 cm³/mol. The molecule has 4 rings (SSSR count). The van der Waals surface area contributed by atoms with E-state index in [1.165, 1.54) is 49.6 Å². The van der Waals surface area contributed by atoms with Crippen molar-refractivity contribution in [1.82, 2.24) is 0 Å². The van der Waals surface area contributed by atoms with Gasteiger partial charge in [-0.2, -0.15) is 0 Å². The van der Waals surface area contributed by atoms with E-state index in [-0.39, 0.29) is 66.7 Å². The molecule has 61 heavy (non-hydrogen) atoms. The summed E-state index contributed by atoms with van der Waals surface area (Å²) in [6, 6.07) is 9.97. The van der Waals surface area contributed by atoms with Crippen molar-refractivity contribution < 1.29 is 76.3 Å². The molecule has 0 radical (unpaired) electrons. The zero-order chi connectivity index (χ0) is 44.1. The Morgan fingerprint density at radius 1 is 0.508 bits per heavy atom. The molecule has 0 amide bonds. The summed E-state index contributed by atoms with van der Waals surface area (Å²) < 4.78 is 42.0. The van der Waals surface area contributed by atoms with Gasteiger partial charge in [-0.1, -0.05) is 13.2 Å². The normalized spacial score (nSPS) is 18.2. The average Bonchev–Trinajstić information content (AvgIpc) is 3.28. The molecule has 0 saturated heterocycles. The van der Waals surface area contributed by atoms with Crippen LogP contribution in [0.3, 0.4) is 0 Å². The third-order valence-electron chi connectivity index (χ3n) is 10.3. The molecule has 0 atom stereocenters. The van der Waals surface area contributed by atoms with E-state index in [0.29, 0.717) is 77.0 Å². The maximum atomic E-state index is 13.2. The van der Waals surface area contributed by atoms with Crippen molar-refractivity contribution in [3.05, 3.63) is 78.9 Å². The zero-order valence-corrected chi connectivity index (χ0v) is 34.3. The number of esters is 8. The lowest BCUT2D eigenvalue weighted by Gasteiger charge is -2.26. The van der Waals surface area contributed by atoms with Gasteiger partial charge in [-0.3, -0.25) is 19.2 Å². The molecule has 0 aliphatic heterocycles. The second-order valence-corrected chi connectivity index (χ2v) is 14.5. The van der Waals surface area contributed by atoms with Crippen molar-refractivity contribution in [2.75, 3.05) is 33.5 Å². The number of ether oxygens (including phenoxy) is 8. The molecule has 2 saturated carbocycles. The summed E-state index contributed by atoms with van der Waals surface area (Å²) in [4.78, 5) is 98.9. The molecule has 0 N–H and O–H groups in total. The summed E-state index contributed by atoms with van der Waals surface area (Å²) in [7, 11) is 1.17. The van der Waals surface area contributed by atoms with Gasteiger partial charge in [-0.15, -0.1) is 0 Å². The van der Waals surface area contributed by atoms with E-state index in [4.69, 9.17) is 37.9 Å². The summed E-state index contributed by atoms with van der Waals surface area (Å²) in [5.74, 6) is -5.93. The minimum absolute atomic E-state index is 0.0523. The molecule has 0 unspecified atom stereocenters. The molecule has 328 valence electrons. The molecular formula is C45H52O16. The smallest absolute Gasteiger partial charge is 0.341 e. The van der Waals surface area contributed by atoms with E-state index < -0.39 is 59.5 Å². The van der Waals surface area contributed by atoms with Crippen LogP contribution in [0.15, 0.2) is 67.8 Å². The number of methoxy groups -OCH3 is 1. The van der Waals surface area contributed by atoms with Gasteiger partial charge in [0.05, 0.1) is 62.8 Å². The van der Waals surface area contributed by atoms with Crippen LogP contribution in [-0.4, -0.2) is 81.3 Å². The second kappa shape index (κ2) is 24.7. The lowest BCUT2D eigenvalue weighted by atomic mass is 9.82. The molecule has 16 nitrogen and oxygen atoms in total. The highest BCUT2D eigenvalue weighted by Crippen LogP contribution is 2.34. The van der Waals surface area contributed by atoms with Crippen molar-refractivity contribution >= 4 is 47.8 Å². The van der Waals surface area contributed by atoms with Crippen LogP contribution in [0.1, 0.15) is 97.8 Å². The van der Waals surface area contributed by atoms with E-state index >= 15 is 0 Å². The standard InChI is InChI=1S/C45H52O16/c1-4-38(46)55-24-6-8-26-57-40(48)29-10-12-32(13-11-29)43(51)60-35-22-23-37(36(28-35)45(53)54-3)61-44(52)33-16-14-31(15-17-33)42(50)59-34-20-18-30(19-21-34)41(49)58-27-9-7-25-56-39(47)5-2/h4-5,18-23,28-29,31-33H,1-2,6-17,24-27H2,3H3. The largest absolute Gasteiger partial charge is 0.465 e. The molecule has 2 aromatic rings. The van der Waals surface area contributed by atoms with Crippen LogP contribution in [0.25, 0.3) is 0 Å². The lowest BCUT2D eigenvalue weighted by Crippen LogP contribution is -2.30. The first kappa shape index (κ1) is 47.4. The Balaban J connectivity index is 1.18. The summed E-state index contributed by atoms with van der Waals surface area (Å²) in [5.41, 5.74) is 0.155. The number of carbonyl (C=O) groups excluding carboxylic acids is 8. The van der Waals surface area contributed by atoms with E-state index in [1.807, 2.05) is 0 Å². The fourth-order valence-electron chi connectivity index (χ4n) is 6.72. The quantitative estimate of drug-likeness (QED) is 0.0449. The molecule has 16 heteroatoms. The Hall–Kier alpha value is -6.32. The third kappa shape index (κ3) is 15.3. The van der Waals surface area contributed by atoms with Gasteiger partial charge in [0.2, 0.25) is 0 Å². The lowest BCUT2D eigenvalue weighted by molar-refractivity contribution is -0.152. The van der Waals surface area contributed by atoms with Crippen LogP contribution in [0.4, 0.5) is 0 Å². The Morgan fingerprint density at radius 3 is 1.39 bits per heavy atom. The molecule has 2 aromatic carbocycles. The highest BCUT2D eigenvalue weighted by molar-refractivity contribution is 5.94. The first-order valence-electron chi connectivity index (χ1n) is 20.3. The van der Waals surface area contributed by atoms with Gasteiger partial charge in [-0.25, -0.2) is 19.2 Å². The monoisotopic (exact) mass is 848 g/mol. The van der Waals surface area contributed by atoms with Gasteiger partial charge >= 0.3 is 47.8 Å². The first-order valence-corrected chi connectivity index (χ1v) is 20.3. The number of rotatable bonds is 21. The van der Waals surface area contributed by atoms with Gasteiger partial charge in [0.25, 0.3) is 0 Å². The number of benzene rings is 2. The molecular weight excluding hydrogens is 796 g/mol. The molecule has 0 bridgehead atoms. The van der Waals surface area contributed by atoms with E-state index in [1.54, 1.807) is 0 Å². The summed E-state index contributed by atoms with van der Waals surface area (Å²) >= 11 is 0. The van der Waals surface area contributed by atoms with E-state index in [0.717, 1.165) is 12.2 Å². The molecule has 0 heterocycles. The van der Waals surface area contributed by atoms with E-state index in [2.05, 4.69) is 13.2 Å². The van der Waals surface area contributed by atoms with Gasteiger partial charge in [-0.05, 0) is 120 Å². The highest BCUT2D eigenvalue weighted by atomic mass is 16.6. The topological polar surface area (TPSA) is 210 Å². The molecule has 2 aliphatic rings. The van der Waals surface area contributed by atoms with Crippen molar-refractivity contribution in [1.29, 1.82) is 0 Å². The predicted octanol–water partition coefficient (Wildman–Crippen LogP) is 6.22. The summed E-state index contributed by atoms with van der Waals surface area (Å²) in [5, 5.41) is 0. The highest BCUT2D eigenvalue weighted by Gasteiger charge is 2.34. The van der Waals surface area contributed by atoms with Crippen LogP contribution in [0.2, 0.25) is 0 Å². The van der Waals surface area contributed by atoms with Crippen LogP contribution >= 0.6 is 0 Å². The summed E-state index contributed by atoms with van der Waals surface area (Å²) in [6.07, 6.45) is 7.32. The molecule has 2 fully saturated rings. The Labute approximate surface area is 353 Å². The number of hydrogen-bond donors (Lipinski definition) is 0. The van der Waals surface area contributed by atoms with Gasteiger partial charge < -0.3 is 37.9 Å². The zero-order valence-electron chi connectivity index (χ0n) is 34.3. The van der Waals surface area contributed by atoms with Crippen LogP contribution in [0.5, 0.6) is 17.2 Å². The van der Waals surface area contributed by atoms with E-state index in [9.17, 15) is 38.4 Å². The number of unbranched alkanes of at least 4 members (excludes halogenated alkanes) is 2. The van der Waals surface area contributed by atoms with Crippen LogP contribution < -0.4 is 14.2 Å². The second-order valence-electron chi connectivity index (χ2n) is 14.5. The molecule has 0 spiro atoms. The summed E-state index contributed by atoms with van der Waals surface area (Å²) in [6.45, 7) is 7.38. The van der Waals surface area contributed by atoms with Crippen molar-refractivity contribution in [3.8, 4) is 17.2 Å². The Bertz CT molecular complexity index is 1880. The minimum Gasteiger partial charge on any atom is -0.465 e. The van der Waals surface area contributed by atoms with Gasteiger partial charge in [0.1, 0.15) is 22.8 Å². The maximum absolute atomic E-state index is 13.2. The van der Waals surface area contributed by atoms with Gasteiger partial charge in [0.15, 0.2) is 0 Å². The maximum Gasteiger partial charge on any atom is 0.341 e. The minimum atomic E-state index is -0.811. The molecule has 0 aromatic heterocycles. The molecule has 2 aliphatic carbocycles. The third-order valence-corrected chi connectivity index (χ3v) is 10.3. The average molecular weight is 849 g/mol. The SMILES string of the molecule is C=CC(=O)OCCCCOC(=O)c1ccc(OC(=O)C2CCC(C(=O)Oc3ccc(OC(=O)C4CCC(C(=O)OCCCCOC(=O)C=C)CC4)cc3C(=O)OC)CC2)cc1. The van der Waals surface area contributed by atoms with Gasteiger partial charge in [0, 0.05) is 12.2 Å². The number of hydrogen-bond acceptors (Lipinski definition) is 16. The van der Waals surface area contributed by atoms with Crippen molar-refractivity contribution in [2.24, 2.45) is 23.7 Å². The van der Waals surface area contributed by atoms with Crippen molar-refractivity contribution in [2.45, 2.75) is 77.0 Å². The fourth-order valence-corrected chi connectivity index (χ4v) is 6.72. The Kier molecular flexibility index (Phi) is 19.2. The fraction of sp³-hybridized carbons (Fsp3) is 0.467. The first-order chi connectivity index (χ1) is 29.4.